The van der Waals surface area contributed by atoms with Crippen LogP contribution in [-0.4, -0.2) is 62.3 Å². The molecule has 0 saturated carbocycles. The van der Waals surface area contributed by atoms with Gasteiger partial charge in [-0.05, 0) is 18.9 Å². The highest BCUT2D eigenvalue weighted by Crippen LogP contribution is 2.42. The summed E-state index contributed by atoms with van der Waals surface area (Å²) in [6.45, 7) is 3.26. The van der Waals surface area contributed by atoms with Crippen molar-refractivity contribution >= 4 is 5.91 Å². The minimum atomic E-state index is -0.664. The molecule has 2 fully saturated rings. The van der Waals surface area contributed by atoms with Crippen molar-refractivity contribution in [3.05, 3.63) is 47.8 Å². The van der Waals surface area contributed by atoms with Gasteiger partial charge in [0.15, 0.2) is 0 Å². The Morgan fingerprint density at radius 1 is 1.40 bits per heavy atom. The summed E-state index contributed by atoms with van der Waals surface area (Å²) in [4.78, 5) is 14.2. The summed E-state index contributed by atoms with van der Waals surface area (Å²) in [6.07, 6.45) is 1.80. The molecule has 1 spiro atoms. The number of carbonyl (C=O) groups is 1. The Bertz CT molecular complexity index is 763. The normalized spacial score (nSPS) is 28.8. The summed E-state index contributed by atoms with van der Waals surface area (Å²) in [5.41, 5.74) is 1.33. The van der Waals surface area contributed by atoms with Crippen LogP contribution >= 0.6 is 0 Å². The first kappa shape index (κ1) is 16.2. The van der Waals surface area contributed by atoms with E-state index in [1.807, 2.05) is 25.1 Å². The van der Waals surface area contributed by atoms with Crippen molar-refractivity contribution in [3.8, 4) is 0 Å². The lowest BCUT2D eigenvalue weighted by Gasteiger charge is -2.26. The topological polar surface area (TPSA) is 80.5 Å². The minimum Gasteiger partial charge on any atom is -0.388 e. The standard InChI is InChI=1S/C18H22N4O3/c1-13-8-22(20-19-13)10-17(24)21-9-16(23)18(12-21)7-15(11-25-18)14-5-3-2-4-6-14/h2-6,8,15-16,23H,7,9-12H2,1H3/t15-,16-,18-/m1/s1. The van der Waals surface area contributed by atoms with Crippen LogP contribution in [-0.2, 0) is 16.1 Å². The fraction of sp³-hybridized carbons (Fsp3) is 0.500. The number of benzene rings is 1. The number of aliphatic hydroxyl groups is 1. The van der Waals surface area contributed by atoms with Gasteiger partial charge in [-0.3, -0.25) is 4.79 Å². The molecule has 2 aromatic rings. The van der Waals surface area contributed by atoms with Gasteiger partial charge in [0.25, 0.3) is 0 Å². The van der Waals surface area contributed by atoms with Gasteiger partial charge >= 0.3 is 0 Å². The summed E-state index contributed by atoms with van der Waals surface area (Å²) in [5, 5.41) is 18.4. The Morgan fingerprint density at radius 3 is 2.92 bits per heavy atom. The van der Waals surface area contributed by atoms with Crippen LogP contribution in [0.1, 0.15) is 23.6 Å². The van der Waals surface area contributed by atoms with Gasteiger partial charge < -0.3 is 14.7 Å². The number of ether oxygens (including phenoxy) is 1. The molecule has 0 radical (unpaired) electrons. The molecule has 0 bridgehead atoms. The van der Waals surface area contributed by atoms with Crippen molar-refractivity contribution in [1.82, 2.24) is 19.9 Å². The molecule has 3 atom stereocenters. The van der Waals surface area contributed by atoms with Crippen LogP contribution < -0.4 is 0 Å². The van der Waals surface area contributed by atoms with E-state index < -0.39 is 11.7 Å². The number of aliphatic hydroxyl groups excluding tert-OH is 1. The van der Waals surface area contributed by atoms with Crippen molar-refractivity contribution in [3.63, 3.8) is 0 Å². The van der Waals surface area contributed by atoms with Gasteiger partial charge in [-0.15, -0.1) is 5.10 Å². The van der Waals surface area contributed by atoms with Crippen molar-refractivity contribution < 1.29 is 14.6 Å². The molecule has 1 amide bonds. The third kappa shape index (κ3) is 3.05. The predicted octanol–water partition coefficient (Wildman–Crippen LogP) is 0.733. The molecule has 0 unspecified atom stereocenters. The largest absolute Gasteiger partial charge is 0.388 e. The van der Waals surface area contributed by atoms with Gasteiger partial charge in [0.2, 0.25) is 5.91 Å². The molecule has 7 heteroatoms. The zero-order chi connectivity index (χ0) is 17.4. The summed E-state index contributed by atoms with van der Waals surface area (Å²) < 4.78 is 7.56. The maximum absolute atomic E-state index is 12.5. The average molecular weight is 342 g/mol. The van der Waals surface area contributed by atoms with Crippen LogP contribution in [0, 0.1) is 6.92 Å². The monoisotopic (exact) mass is 342 g/mol. The molecule has 1 N–H and O–H groups in total. The van der Waals surface area contributed by atoms with Gasteiger partial charge in [-0.2, -0.15) is 0 Å². The van der Waals surface area contributed by atoms with Gasteiger partial charge in [-0.25, -0.2) is 4.68 Å². The second kappa shape index (κ2) is 6.24. The second-order valence-corrected chi connectivity index (χ2v) is 7.04. The SMILES string of the molecule is Cc1cn(CC(=O)N2C[C@@H](O)[C@@]3(C[C@@H](c4ccccc4)CO3)C2)nn1. The lowest BCUT2D eigenvalue weighted by molar-refractivity contribution is -0.132. The molecule has 1 aromatic heterocycles. The summed E-state index contributed by atoms with van der Waals surface area (Å²) in [5.74, 6) is 0.177. The Kier molecular flexibility index (Phi) is 4.05. The third-order valence-corrected chi connectivity index (χ3v) is 5.20. The third-order valence-electron chi connectivity index (χ3n) is 5.20. The van der Waals surface area contributed by atoms with Crippen molar-refractivity contribution in [2.24, 2.45) is 0 Å². The molecule has 2 aliphatic heterocycles. The van der Waals surface area contributed by atoms with E-state index in [9.17, 15) is 9.90 Å². The maximum atomic E-state index is 12.5. The predicted molar refractivity (Wildman–Crippen MR) is 89.8 cm³/mol. The Balaban J connectivity index is 1.43. The number of amides is 1. The van der Waals surface area contributed by atoms with E-state index >= 15 is 0 Å². The van der Waals surface area contributed by atoms with E-state index in [1.165, 1.54) is 10.2 Å². The van der Waals surface area contributed by atoms with Crippen LogP contribution in [0.3, 0.4) is 0 Å². The van der Waals surface area contributed by atoms with Crippen LogP contribution in [0.15, 0.2) is 36.5 Å². The molecule has 4 rings (SSSR count). The molecule has 0 aliphatic carbocycles. The highest BCUT2D eigenvalue weighted by Gasteiger charge is 2.53. The van der Waals surface area contributed by atoms with Gasteiger partial charge in [0, 0.05) is 18.7 Å². The second-order valence-electron chi connectivity index (χ2n) is 7.04. The number of aryl methyl sites for hydroxylation is 1. The first-order valence-electron chi connectivity index (χ1n) is 8.57. The number of hydrogen-bond acceptors (Lipinski definition) is 5. The molecule has 3 heterocycles. The molecule has 132 valence electrons. The molecular weight excluding hydrogens is 320 g/mol. The van der Waals surface area contributed by atoms with Crippen LogP contribution in [0.25, 0.3) is 0 Å². The molecule has 2 aliphatic rings. The van der Waals surface area contributed by atoms with Gasteiger partial charge in [0.05, 0.1) is 18.8 Å². The lowest BCUT2D eigenvalue weighted by Crippen LogP contribution is -2.41. The molecular formula is C18H22N4O3. The van der Waals surface area contributed by atoms with Crippen molar-refractivity contribution in [2.45, 2.75) is 37.5 Å². The van der Waals surface area contributed by atoms with E-state index in [4.69, 9.17) is 4.74 Å². The molecule has 7 nitrogen and oxygen atoms in total. The van der Waals surface area contributed by atoms with Gasteiger partial charge in [-0.1, -0.05) is 35.5 Å². The number of likely N-dealkylation sites (tertiary alicyclic amines) is 1. The van der Waals surface area contributed by atoms with Crippen LogP contribution in [0.5, 0.6) is 0 Å². The first-order chi connectivity index (χ1) is 12.1. The van der Waals surface area contributed by atoms with E-state index in [0.29, 0.717) is 19.7 Å². The zero-order valence-electron chi connectivity index (χ0n) is 14.2. The number of carbonyl (C=O) groups excluding carboxylic acids is 1. The van der Waals surface area contributed by atoms with Crippen LogP contribution in [0.4, 0.5) is 0 Å². The van der Waals surface area contributed by atoms with E-state index in [1.54, 1.807) is 11.1 Å². The van der Waals surface area contributed by atoms with Gasteiger partial charge in [0.1, 0.15) is 18.2 Å². The van der Waals surface area contributed by atoms with Crippen molar-refractivity contribution in [2.75, 3.05) is 19.7 Å². The van der Waals surface area contributed by atoms with E-state index in [0.717, 1.165) is 12.1 Å². The first-order valence-corrected chi connectivity index (χ1v) is 8.57. The number of β-amino-alcohol motifs (C(OH)–C–C–N with tert-alkyl or cyclic N) is 1. The maximum Gasteiger partial charge on any atom is 0.244 e. The lowest BCUT2D eigenvalue weighted by atomic mass is 9.87. The molecule has 1 aromatic carbocycles. The smallest absolute Gasteiger partial charge is 0.244 e. The fourth-order valence-corrected chi connectivity index (χ4v) is 3.85. The fourth-order valence-electron chi connectivity index (χ4n) is 3.85. The zero-order valence-corrected chi connectivity index (χ0v) is 14.2. The number of nitrogens with zero attached hydrogens (tertiary/aromatic N) is 4. The summed E-state index contributed by atoms with van der Waals surface area (Å²) in [7, 11) is 0. The summed E-state index contributed by atoms with van der Waals surface area (Å²) >= 11 is 0. The van der Waals surface area contributed by atoms with Crippen LogP contribution in [0.2, 0.25) is 0 Å². The Labute approximate surface area is 146 Å². The van der Waals surface area contributed by atoms with Crippen molar-refractivity contribution in [1.29, 1.82) is 0 Å². The number of hydrogen-bond donors (Lipinski definition) is 1. The molecule has 25 heavy (non-hydrogen) atoms. The molecule has 2 saturated heterocycles. The minimum absolute atomic E-state index is 0.0763. The van der Waals surface area contributed by atoms with E-state index in [2.05, 4.69) is 22.4 Å². The average Bonchev–Trinajstić information content (AvgIpc) is 3.30. The Hall–Kier alpha value is -2.25. The quantitative estimate of drug-likeness (QED) is 0.890. The number of aromatic nitrogens is 3. The summed E-state index contributed by atoms with van der Waals surface area (Å²) in [6, 6.07) is 10.2. The van der Waals surface area contributed by atoms with E-state index in [-0.39, 0.29) is 18.4 Å². The highest BCUT2D eigenvalue weighted by atomic mass is 16.5. The number of rotatable bonds is 3. The Morgan fingerprint density at radius 2 is 2.20 bits per heavy atom. The highest BCUT2D eigenvalue weighted by molar-refractivity contribution is 5.76.